The van der Waals surface area contributed by atoms with E-state index < -0.39 is 0 Å². The Labute approximate surface area is 320 Å². The highest BCUT2D eigenvalue weighted by Gasteiger charge is 2.16. The van der Waals surface area contributed by atoms with Crippen molar-refractivity contribution in [3.63, 3.8) is 0 Å². The van der Waals surface area contributed by atoms with Gasteiger partial charge in [0.1, 0.15) is 0 Å². The highest BCUT2D eigenvalue weighted by molar-refractivity contribution is 8.87. The zero-order valence-corrected chi connectivity index (χ0v) is 35.6. The van der Waals surface area contributed by atoms with E-state index in [2.05, 4.69) is 39.1 Å². The van der Waals surface area contributed by atoms with E-state index in [1.54, 1.807) is 0 Å². The molecule has 48 heavy (non-hydrogen) atoms. The number of carbonyl (C=O) groups excluding carboxylic acids is 2. The van der Waals surface area contributed by atoms with Crippen LogP contribution < -0.4 is 0 Å². The van der Waals surface area contributed by atoms with Gasteiger partial charge in [0.2, 0.25) is 10.2 Å². The summed E-state index contributed by atoms with van der Waals surface area (Å²) >= 11 is 9.32. The van der Waals surface area contributed by atoms with Crippen molar-refractivity contribution in [3.05, 3.63) is 0 Å². The lowest BCUT2D eigenvalue weighted by Gasteiger charge is -2.10. The molecular weight excluding hydrogens is 665 g/mol. The third kappa shape index (κ3) is 39.5. The normalized spacial score (nSPS) is 12.8. The Balaban J connectivity index is 3.47. The number of hydrogen-bond donors (Lipinski definition) is 2. The van der Waals surface area contributed by atoms with Crippen LogP contribution in [0.25, 0.3) is 0 Å². The lowest BCUT2D eigenvalue weighted by molar-refractivity contribution is -0.112. The van der Waals surface area contributed by atoms with Gasteiger partial charge in [0.25, 0.3) is 0 Å². The maximum atomic E-state index is 12.4. The molecule has 0 bridgehead atoms. The van der Waals surface area contributed by atoms with Crippen LogP contribution in [0, 0.1) is 0 Å². The standard InChI is InChI=1S/C42H82O2S4/c1-3-5-7-9-11-13-15-17-19-21-23-25-27-29-31-33-35-39(45)37-41(43)47-48-42(44)38-40(46)36-34-32-30-28-26-24-22-20-18-16-14-12-10-8-6-4-2/h39-40,45-46H,3-38H2,1-2H3. The van der Waals surface area contributed by atoms with E-state index in [4.69, 9.17) is 0 Å². The van der Waals surface area contributed by atoms with Gasteiger partial charge >= 0.3 is 0 Å². The molecule has 286 valence electrons. The van der Waals surface area contributed by atoms with Crippen LogP contribution in [0.1, 0.15) is 245 Å². The molecule has 0 aliphatic carbocycles. The van der Waals surface area contributed by atoms with Gasteiger partial charge in [-0.05, 0) is 34.4 Å². The molecule has 0 rings (SSSR count). The van der Waals surface area contributed by atoms with E-state index in [0.717, 1.165) is 47.3 Å². The number of unbranched alkanes of at least 4 members (excludes halogenated alkanes) is 30. The molecule has 0 heterocycles. The van der Waals surface area contributed by atoms with E-state index in [0.29, 0.717) is 12.8 Å². The molecule has 0 aliphatic rings. The Morgan fingerprint density at radius 3 is 0.750 bits per heavy atom. The minimum absolute atomic E-state index is 0.0818. The van der Waals surface area contributed by atoms with Crippen LogP contribution in [0.4, 0.5) is 0 Å². The molecule has 6 heteroatoms. The number of rotatable bonds is 38. The summed E-state index contributed by atoms with van der Waals surface area (Å²) in [5.41, 5.74) is 0. The predicted octanol–water partition coefficient (Wildman–Crippen LogP) is 16.1. The van der Waals surface area contributed by atoms with Gasteiger partial charge in [-0.25, -0.2) is 0 Å². The quantitative estimate of drug-likeness (QED) is 0.0374. The van der Waals surface area contributed by atoms with Gasteiger partial charge in [-0.3, -0.25) is 9.59 Å². The maximum absolute atomic E-state index is 12.4. The Morgan fingerprint density at radius 2 is 0.542 bits per heavy atom. The van der Waals surface area contributed by atoms with Gasteiger partial charge in [0.15, 0.2) is 0 Å². The monoisotopic (exact) mass is 747 g/mol. The van der Waals surface area contributed by atoms with Gasteiger partial charge in [-0.15, -0.1) is 0 Å². The van der Waals surface area contributed by atoms with Crippen molar-refractivity contribution in [1.29, 1.82) is 0 Å². The molecule has 0 saturated carbocycles. The third-order valence-corrected chi connectivity index (χ3v) is 12.8. The Bertz CT molecular complexity index is 618. The summed E-state index contributed by atoms with van der Waals surface area (Å²) in [5.74, 6) is 0. The fourth-order valence-electron chi connectivity index (χ4n) is 6.61. The summed E-state index contributed by atoms with van der Waals surface area (Å²) in [6, 6.07) is 0. The van der Waals surface area contributed by atoms with E-state index in [-0.39, 0.29) is 20.7 Å². The van der Waals surface area contributed by atoms with Gasteiger partial charge in [0, 0.05) is 23.3 Å². The fourth-order valence-corrected chi connectivity index (χ4v) is 9.24. The molecule has 0 aromatic carbocycles. The molecule has 0 aromatic rings. The molecule has 0 spiro atoms. The fraction of sp³-hybridized carbons (Fsp3) is 0.952. The van der Waals surface area contributed by atoms with Crippen molar-refractivity contribution in [3.8, 4) is 0 Å². The van der Waals surface area contributed by atoms with E-state index in [9.17, 15) is 9.59 Å². The van der Waals surface area contributed by atoms with Crippen molar-refractivity contribution in [2.75, 3.05) is 0 Å². The first kappa shape index (κ1) is 48.7. The number of hydrogen-bond acceptors (Lipinski definition) is 6. The van der Waals surface area contributed by atoms with Crippen molar-refractivity contribution in [2.24, 2.45) is 0 Å². The van der Waals surface area contributed by atoms with Crippen molar-refractivity contribution < 1.29 is 9.59 Å². The summed E-state index contributed by atoms with van der Waals surface area (Å²) in [6.07, 6.45) is 46.8. The molecule has 0 fully saturated rings. The van der Waals surface area contributed by atoms with Crippen LogP contribution in [-0.2, 0) is 9.59 Å². The summed E-state index contributed by atoms with van der Waals surface area (Å²) in [4.78, 5) is 24.8. The summed E-state index contributed by atoms with van der Waals surface area (Å²) in [7, 11) is 2.23. The third-order valence-electron chi connectivity index (χ3n) is 9.81. The van der Waals surface area contributed by atoms with E-state index >= 15 is 0 Å². The molecule has 0 N–H and O–H groups in total. The zero-order chi connectivity index (χ0) is 35.2. The van der Waals surface area contributed by atoms with Crippen LogP contribution in [0.5, 0.6) is 0 Å². The van der Waals surface area contributed by atoms with Gasteiger partial charge in [-0.2, -0.15) is 25.3 Å². The smallest absolute Gasteiger partial charge is 0.200 e. The first-order valence-electron chi connectivity index (χ1n) is 21.3. The minimum Gasteiger partial charge on any atom is -0.286 e. The molecular formula is C42H82O2S4. The van der Waals surface area contributed by atoms with Crippen LogP contribution in [0.15, 0.2) is 0 Å². The lowest BCUT2D eigenvalue weighted by Crippen LogP contribution is -2.07. The molecule has 0 aliphatic heterocycles. The first-order chi connectivity index (χ1) is 23.5. The summed E-state index contributed by atoms with van der Waals surface area (Å²) in [5, 5.41) is 0.386. The highest BCUT2D eigenvalue weighted by Crippen LogP contribution is 2.30. The van der Waals surface area contributed by atoms with Gasteiger partial charge < -0.3 is 0 Å². The highest BCUT2D eigenvalue weighted by atomic mass is 33.1. The zero-order valence-electron chi connectivity index (χ0n) is 32.1. The second kappa shape index (κ2) is 40.5. The van der Waals surface area contributed by atoms with Crippen LogP contribution in [-0.4, -0.2) is 20.7 Å². The van der Waals surface area contributed by atoms with E-state index in [1.165, 1.54) is 193 Å². The Kier molecular flexibility index (Phi) is 41.1. The second-order valence-electron chi connectivity index (χ2n) is 14.8. The summed E-state index contributed by atoms with van der Waals surface area (Å²) in [6.45, 7) is 4.57. The van der Waals surface area contributed by atoms with E-state index in [1.807, 2.05) is 0 Å². The van der Waals surface area contributed by atoms with Crippen molar-refractivity contribution >= 4 is 57.1 Å². The molecule has 0 aromatic heterocycles. The maximum Gasteiger partial charge on any atom is 0.200 e. The second-order valence-corrected chi connectivity index (χ2v) is 18.5. The van der Waals surface area contributed by atoms with Crippen LogP contribution in [0.3, 0.4) is 0 Å². The van der Waals surface area contributed by atoms with Crippen molar-refractivity contribution in [2.45, 2.75) is 255 Å². The molecule has 2 nitrogen and oxygen atoms in total. The van der Waals surface area contributed by atoms with Gasteiger partial charge in [-0.1, -0.05) is 219 Å². The Hall–Kier alpha value is 0.740. The predicted molar refractivity (Wildman–Crippen MR) is 228 cm³/mol. The molecule has 2 unspecified atom stereocenters. The lowest BCUT2D eigenvalue weighted by atomic mass is 10.0. The van der Waals surface area contributed by atoms with Crippen LogP contribution in [0.2, 0.25) is 0 Å². The molecule has 0 saturated heterocycles. The number of carbonyl (C=O) groups is 2. The molecule has 0 amide bonds. The average Bonchev–Trinajstić information content (AvgIpc) is 3.07. The number of thiol groups is 2. The van der Waals surface area contributed by atoms with Crippen LogP contribution >= 0.6 is 46.8 Å². The minimum atomic E-state index is 0.0818. The molecule has 0 radical (unpaired) electrons. The summed E-state index contributed by atoms with van der Waals surface area (Å²) < 4.78 is 0. The topological polar surface area (TPSA) is 34.1 Å². The van der Waals surface area contributed by atoms with Crippen molar-refractivity contribution in [1.82, 2.24) is 0 Å². The Morgan fingerprint density at radius 1 is 0.354 bits per heavy atom. The SMILES string of the molecule is CCCCCCCCCCCCCCCCCCC(S)CC(=O)SSC(=O)CC(S)CCCCCCCCCCCCCCCCCC. The first-order valence-corrected chi connectivity index (χ1v) is 24.4. The average molecular weight is 747 g/mol. The molecule has 2 atom stereocenters. The largest absolute Gasteiger partial charge is 0.286 e. The van der Waals surface area contributed by atoms with Gasteiger partial charge in [0.05, 0.1) is 0 Å².